The van der Waals surface area contributed by atoms with Gasteiger partial charge in [0.15, 0.2) is 18.0 Å². The molecule has 0 aliphatic rings. The maximum Gasteiger partial charge on any atom is 0.312 e. The van der Waals surface area contributed by atoms with Gasteiger partial charge in [-0.1, -0.05) is 40.5 Å². The second kappa shape index (κ2) is 7.50. The molecule has 0 aliphatic carbocycles. The van der Waals surface area contributed by atoms with E-state index in [9.17, 15) is 9.59 Å². The van der Waals surface area contributed by atoms with Gasteiger partial charge in [-0.3, -0.25) is 9.59 Å². The predicted octanol–water partition coefficient (Wildman–Crippen LogP) is 3.25. The third-order valence-electron chi connectivity index (χ3n) is 3.19. The van der Waals surface area contributed by atoms with Crippen LogP contribution in [-0.2, 0) is 20.7 Å². The number of esters is 1. The monoisotopic (exact) mass is 379 g/mol. The summed E-state index contributed by atoms with van der Waals surface area (Å²) in [5, 5.41) is 7.51. The number of carbonyl (C=O) groups is 2. The summed E-state index contributed by atoms with van der Waals surface area (Å²) in [7, 11) is 0. The summed E-state index contributed by atoms with van der Waals surface area (Å²) in [6, 6.07) is 8.58. The van der Waals surface area contributed by atoms with Gasteiger partial charge < -0.3 is 14.6 Å². The largest absolute Gasteiger partial charge is 0.455 e. The van der Waals surface area contributed by atoms with Crippen LogP contribution in [0.15, 0.2) is 41.1 Å². The van der Waals surface area contributed by atoms with Crippen LogP contribution >= 0.6 is 23.2 Å². The zero-order valence-electron chi connectivity index (χ0n) is 12.7. The van der Waals surface area contributed by atoms with Gasteiger partial charge in [0.1, 0.15) is 5.69 Å². The average molecular weight is 380 g/mol. The van der Waals surface area contributed by atoms with E-state index in [1.807, 2.05) is 6.07 Å². The van der Waals surface area contributed by atoms with Crippen molar-refractivity contribution in [3.8, 4) is 0 Å². The zero-order chi connectivity index (χ0) is 17.8. The molecule has 0 aliphatic heterocycles. The molecule has 0 unspecified atom stereocenters. The van der Waals surface area contributed by atoms with E-state index < -0.39 is 18.5 Å². The average Bonchev–Trinajstić information content (AvgIpc) is 2.99. The number of para-hydroxylation sites is 1. The van der Waals surface area contributed by atoms with Crippen molar-refractivity contribution in [3.05, 3.63) is 52.3 Å². The van der Waals surface area contributed by atoms with Gasteiger partial charge in [-0.2, -0.15) is 0 Å². The number of anilines is 1. The molecule has 1 N–H and O–H groups in total. The molecule has 0 radical (unpaired) electrons. The number of hydrogen-bond donors (Lipinski definition) is 1. The van der Waals surface area contributed by atoms with Crippen molar-refractivity contribution in [1.29, 1.82) is 0 Å². The van der Waals surface area contributed by atoms with Gasteiger partial charge in [-0.05, 0) is 18.2 Å². The lowest BCUT2D eigenvalue weighted by molar-refractivity contribution is -0.146. The molecule has 0 saturated heterocycles. The molecule has 3 rings (SSSR count). The van der Waals surface area contributed by atoms with Crippen molar-refractivity contribution in [2.24, 2.45) is 0 Å². The minimum absolute atomic E-state index is 0.107. The van der Waals surface area contributed by atoms with Crippen LogP contribution < -0.4 is 5.32 Å². The smallest absolute Gasteiger partial charge is 0.312 e. The van der Waals surface area contributed by atoms with Gasteiger partial charge in [-0.15, -0.1) is 0 Å². The highest BCUT2D eigenvalue weighted by Crippen LogP contribution is 2.22. The zero-order valence-corrected chi connectivity index (χ0v) is 14.2. The molecular formula is C16H11Cl2N3O4. The van der Waals surface area contributed by atoms with Gasteiger partial charge in [0.05, 0.1) is 16.5 Å². The predicted molar refractivity (Wildman–Crippen MR) is 91.6 cm³/mol. The molecule has 0 saturated carbocycles. The van der Waals surface area contributed by atoms with E-state index in [4.69, 9.17) is 32.5 Å². The number of rotatable bonds is 5. The number of ether oxygens (including phenoxy) is 1. The van der Waals surface area contributed by atoms with Crippen LogP contribution in [0.1, 0.15) is 5.69 Å². The summed E-state index contributed by atoms with van der Waals surface area (Å²) in [5.41, 5.74) is 1.02. The number of aromatic nitrogens is 2. The Morgan fingerprint density at radius 3 is 2.84 bits per heavy atom. The van der Waals surface area contributed by atoms with Crippen molar-refractivity contribution in [2.45, 2.75) is 6.42 Å². The van der Waals surface area contributed by atoms with Crippen LogP contribution in [0.2, 0.25) is 10.0 Å². The molecule has 9 heteroatoms. The number of benzene rings is 1. The fourth-order valence-electron chi connectivity index (χ4n) is 2.07. The van der Waals surface area contributed by atoms with Crippen LogP contribution in [0.4, 0.5) is 5.82 Å². The molecular weight excluding hydrogens is 369 g/mol. The Labute approximate surface area is 151 Å². The highest BCUT2D eigenvalue weighted by Gasteiger charge is 2.15. The fourth-order valence-corrected chi connectivity index (χ4v) is 2.50. The van der Waals surface area contributed by atoms with E-state index in [1.165, 1.54) is 12.3 Å². The molecule has 128 valence electrons. The minimum Gasteiger partial charge on any atom is -0.455 e. The Morgan fingerprint density at radius 1 is 1.24 bits per heavy atom. The Hall–Kier alpha value is -2.64. The lowest BCUT2D eigenvalue weighted by Crippen LogP contribution is -2.22. The number of halogens is 2. The molecule has 2 aromatic heterocycles. The summed E-state index contributed by atoms with van der Waals surface area (Å²) >= 11 is 11.6. The Morgan fingerprint density at radius 2 is 2.04 bits per heavy atom. The highest BCUT2D eigenvalue weighted by molar-refractivity contribution is 6.36. The second-order valence-corrected chi connectivity index (χ2v) is 5.84. The van der Waals surface area contributed by atoms with E-state index in [1.54, 1.807) is 18.2 Å². The van der Waals surface area contributed by atoms with Gasteiger partial charge in [0, 0.05) is 11.6 Å². The first-order valence-electron chi connectivity index (χ1n) is 7.13. The van der Waals surface area contributed by atoms with Crippen LogP contribution in [0.5, 0.6) is 0 Å². The number of hydrogen-bond acceptors (Lipinski definition) is 6. The van der Waals surface area contributed by atoms with E-state index in [2.05, 4.69) is 15.5 Å². The number of fused-ring (bicyclic) bond motifs is 1. The number of amides is 1. The summed E-state index contributed by atoms with van der Waals surface area (Å²) < 4.78 is 10.0. The molecule has 1 amide bonds. The third kappa shape index (κ3) is 4.26. The molecule has 7 nitrogen and oxygen atoms in total. The molecule has 0 fully saturated rings. The lowest BCUT2D eigenvalue weighted by Gasteiger charge is -2.07. The van der Waals surface area contributed by atoms with Crippen molar-refractivity contribution in [1.82, 2.24) is 10.1 Å². The first-order chi connectivity index (χ1) is 12.0. The van der Waals surface area contributed by atoms with Crippen LogP contribution in [0, 0.1) is 0 Å². The van der Waals surface area contributed by atoms with Crippen molar-refractivity contribution < 1.29 is 18.8 Å². The lowest BCUT2D eigenvalue weighted by atomic mass is 10.2. The standard InChI is InChI=1S/C16H11Cl2N3O4/c17-9-5-11(18)16(19-7-9)20-14(22)8-24-15(23)6-12-10-3-1-2-4-13(10)25-21-12/h1-5,7H,6,8H2,(H,19,20,22). The fraction of sp³-hybridized carbons (Fsp3) is 0.125. The number of nitrogens with one attached hydrogen (secondary N) is 1. The van der Waals surface area contributed by atoms with Crippen LogP contribution in [0.3, 0.4) is 0 Å². The maximum atomic E-state index is 11.9. The Kier molecular flexibility index (Phi) is 5.16. The van der Waals surface area contributed by atoms with Crippen molar-refractivity contribution >= 4 is 51.9 Å². The topological polar surface area (TPSA) is 94.3 Å². The first-order valence-corrected chi connectivity index (χ1v) is 7.88. The number of nitrogens with zero attached hydrogens (tertiary/aromatic N) is 2. The van der Waals surface area contributed by atoms with Crippen LogP contribution in [0.25, 0.3) is 11.0 Å². The molecule has 2 heterocycles. The van der Waals surface area contributed by atoms with E-state index in [0.29, 0.717) is 16.3 Å². The minimum atomic E-state index is -0.607. The van der Waals surface area contributed by atoms with Crippen LogP contribution in [-0.4, -0.2) is 28.6 Å². The SMILES string of the molecule is O=C(COC(=O)Cc1noc2ccccc12)Nc1ncc(Cl)cc1Cl. The molecule has 0 spiro atoms. The van der Waals surface area contributed by atoms with Gasteiger partial charge in [-0.25, -0.2) is 4.98 Å². The number of carbonyl (C=O) groups excluding carboxylic acids is 2. The van der Waals surface area contributed by atoms with E-state index in [0.717, 1.165) is 5.39 Å². The molecule has 25 heavy (non-hydrogen) atoms. The third-order valence-corrected chi connectivity index (χ3v) is 3.69. The molecule has 1 aromatic carbocycles. The number of pyridine rings is 1. The van der Waals surface area contributed by atoms with Crippen molar-refractivity contribution in [3.63, 3.8) is 0 Å². The summed E-state index contributed by atoms with van der Waals surface area (Å²) in [6.45, 7) is -0.477. The van der Waals surface area contributed by atoms with Gasteiger partial charge in [0.25, 0.3) is 5.91 Å². The first kappa shape index (κ1) is 17.2. The molecule has 3 aromatic rings. The van der Waals surface area contributed by atoms with E-state index in [-0.39, 0.29) is 17.3 Å². The molecule has 0 bridgehead atoms. The Bertz CT molecular complexity index is 942. The Balaban J connectivity index is 1.54. The van der Waals surface area contributed by atoms with Crippen molar-refractivity contribution in [2.75, 3.05) is 11.9 Å². The highest BCUT2D eigenvalue weighted by atomic mass is 35.5. The second-order valence-electron chi connectivity index (χ2n) is 5.00. The molecule has 0 atom stereocenters. The summed E-state index contributed by atoms with van der Waals surface area (Å²) in [4.78, 5) is 27.6. The quantitative estimate of drug-likeness (QED) is 0.683. The maximum absolute atomic E-state index is 11.9. The van der Waals surface area contributed by atoms with Gasteiger partial charge >= 0.3 is 5.97 Å². The summed E-state index contributed by atoms with van der Waals surface area (Å²) in [6.07, 6.45) is 1.23. The summed E-state index contributed by atoms with van der Waals surface area (Å²) in [5.74, 6) is -1.05. The van der Waals surface area contributed by atoms with E-state index >= 15 is 0 Å². The normalized spacial score (nSPS) is 10.6. The van der Waals surface area contributed by atoms with Gasteiger partial charge in [0.2, 0.25) is 0 Å².